The van der Waals surface area contributed by atoms with Gasteiger partial charge in [0, 0.05) is 25.3 Å². The van der Waals surface area contributed by atoms with Gasteiger partial charge in [-0.3, -0.25) is 4.68 Å². The zero-order valence-electron chi connectivity index (χ0n) is 13.0. The number of nitrogens with zero attached hydrogens (tertiary/aromatic N) is 2. The summed E-state index contributed by atoms with van der Waals surface area (Å²) in [5.41, 5.74) is 0.623. The molecule has 0 radical (unpaired) electrons. The molecule has 0 amide bonds. The number of rotatable bonds is 7. The normalized spacial score (nSPS) is 21.0. The van der Waals surface area contributed by atoms with Gasteiger partial charge >= 0.3 is 0 Å². The summed E-state index contributed by atoms with van der Waals surface area (Å²) >= 11 is 0. The Bertz CT molecular complexity index is 410. The molecule has 1 N–H and O–H groups in total. The lowest BCUT2D eigenvalue weighted by atomic mass is 9.91. The summed E-state index contributed by atoms with van der Waals surface area (Å²) in [7, 11) is 0. The second-order valence-corrected chi connectivity index (χ2v) is 5.97. The molecule has 2 unspecified atom stereocenters. The molecule has 1 aromatic heterocycles. The van der Waals surface area contributed by atoms with Crippen LogP contribution in [0.1, 0.15) is 64.6 Å². The molecule has 0 bridgehead atoms. The number of aromatic nitrogens is 2. The molecule has 1 aliphatic carbocycles. The van der Waals surface area contributed by atoms with Crippen LogP contribution in [0.15, 0.2) is 12.3 Å². The molecule has 1 saturated carbocycles. The summed E-state index contributed by atoms with van der Waals surface area (Å²) in [5, 5.41) is 15.2. The van der Waals surface area contributed by atoms with E-state index in [0.717, 1.165) is 37.8 Å². The Hall–Kier alpha value is -0.870. The first-order chi connectivity index (χ1) is 9.61. The molecule has 4 heteroatoms. The summed E-state index contributed by atoms with van der Waals surface area (Å²) in [4.78, 5) is 0. The Balaban J connectivity index is 2.02. The molecule has 2 atom stereocenters. The molecule has 1 aliphatic rings. The largest absolute Gasteiger partial charge is 0.390 e. The van der Waals surface area contributed by atoms with Crippen molar-refractivity contribution >= 4 is 0 Å². The first kappa shape index (κ1) is 15.5. The molecule has 0 aliphatic heterocycles. The Morgan fingerprint density at radius 1 is 1.40 bits per heavy atom. The molecule has 4 nitrogen and oxygen atoms in total. The van der Waals surface area contributed by atoms with Gasteiger partial charge in [0.05, 0.1) is 17.4 Å². The van der Waals surface area contributed by atoms with E-state index in [-0.39, 0.29) is 5.60 Å². The van der Waals surface area contributed by atoms with Crippen LogP contribution in [0, 0.1) is 0 Å². The summed E-state index contributed by atoms with van der Waals surface area (Å²) in [6.07, 6.45) is 7.44. The molecule has 0 aromatic carbocycles. The zero-order valence-corrected chi connectivity index (χ0v) is 13.0. The molecule has 1 heterocycles. The maximum Gasteiger partial charge on any atom is 0.0943 e. The highest BCUT2D eigenvalue weighted by Crippen LogP contribution is 2.37. The van der Waals surface area contributed by atoms with E-state index < -0.39 is 6.10 Å². The van der Waals surface area contributed by atoms with Gasteiger partial charge < -0.3 is 9.84 Å². The molecule has 2 rings (SSSR count). The third-order valence-electron chi connectivity index (χ3n) is 4.60. The van der Waals surface area contributed by atoms with Gasteiger partial charge in [0.2, 0.25) is 0 Å². The van der Waals surface area contributed by atoms with Crippen LogP contribution in [-0.2, 0) is 11.2 Å². The average molecular weight is 280 g/mol. The van der Waals surface area contributed by atoms with Crippen molar-refractivity contribution in [3.05, 3.63) is 18.0 Å². The molecule has 1 fully saturated rings. The van der Waals surface area contributed by atoms with E-state index >= 15 is 0 Å². The first-order valence-electron chi connectivity index (χ1n) is 7.97. The lowest BCUT2D eigenvalue weighted by Gasteiger charge is -2.33. The highest BCUT2D eigenvalue weighted by atomic mass is 16.5. The van der Waals surface area contributed by atoms with Crippen LogP contribution < -0.4 is 0 Å². The van der Waals surface area contributed by atoms with Crippen LogP contribution in [-0.4, -0.2) is 33.2 Å². The van der Waals surface area contributed by atoms with Crippen molar-refractivity contribution in [2.45, 2.75) is 77.0 Å². The van der Waals surface area contributed by atoms with Gasteiger partial charge in [-0.15, -0.1) is 0 Å². The van der Waals surface area contributed by atoms with Gasteiger partial charge in [-0.1, -0.05) is 19.8 Å². The predicted molar refractivity (Wildman–Crippen MR) is 79.8 cm³/mol. The average Bonchev–Trinajstić information content (AvgIpc) is 3.08. The Labute approximate surface area is 122 Å². The molecule has 0 saturated heterocycles. The maximum atomic E-state index is 10.6. The van der Waals surface area contributed by atoms with Crippen LogP contribution in [0.4, 0.5) is 0 Å². The zero-order chi connectivity index (χ0) is 14.6. The standard InChI is InChI=1S/C16H28N2O2/c1-4-13(3)18-11-8-14(17-18)12-15(19)16(20-5-2)9-6-7-10-16/h8,11,13,15,19H,4-7,9-10,12H2,1-3H3. The number of hydrogen-bond acceptors (Lipinski definition) is 3. The van der Waals surface area contributed by atoms with Crippen LogP contribution in [0.3, 0.4) is 0 Å². The number of aliphatic hydroxyl groups is 1. The van der Waals surface area contributed by atoms with Gasteiger partial charge in [-0.2, -0.15) is 5.10 Å². The van der Waals surface area contributed by atoms with E-state index in [1.54, 1.807) is 0 Å². The minimum atomic E-state index is -0.453. The highest BCUT2D eigenvalue weighted by molar-refractivity contribution is 5.05. The fraction of sp³-hybridized carbons (Fsp3) is 0.812. The monoisotopic (exact) mass is 280 g/mol. The van der Waals surface area contributed by atoms with E-state index in [1.807, 2.05) is 23.9 Å². The van der Waals surface area contributed by atoms with Crippen molar-refractivity contribution < 1.29 is 9.84 Å². The van der Waals surface area contributed by atoms with Crippen LogP contribution >= 0.6 is 0 Å². The SMILES string of the molecule is CCOC1(C(O)Cc2ccn(C(C)CC)n2)CCCC1. The minimum absolute atomic E-state index is 0.338. The van der Waals surface area contributed by atoms with E-state index in [0.29, 0.717) is 19.1 Å². The number of hydrogen-bond donors (Lipinski definition) is 1. The molecule has 114 valence electrons. The lowest BCUT2D eigenvalue weighted by molar-refractivity contribution is -0.115. The van der Waals surface area contributed by atoms with Crippen molar-refractivity contribution in [1.82, 2.24) is 9.78 Å². The summed E-state index contributed by atoms with van der Waals surface area (Å²) in [6, 6.07) is 2.43. The molecule has 1 aromatic rings. The van der Waals surface area contributed by atoms with Gasteiger partial charge in [-0.05, 0) is 39.2 Å². The Morgan fingerprint density at radius 3 is 2.70 bits per heavy atom. The third kappa shape index (κ3) is 3.23. The molecule has 20 heavy (non-hydrogen) atoms. The van der Waals surface area contributed by atoms with Crippen molar-refractivity contribution in [2.24, 2.45) is 0 Å². The second kappa shape index (κ2) is 6.72. The molecular formula is C16H28N2O2. The van der Waals surface area contributed by atoms with E-state index in [1.165, 1.54) is 0 Å². The van der Waals surface area contributed by atoms with Gasteiger partial charge in [0.1, 0.15) is 0 Å². The third-order valence-corrected chi connectivity index (χ3v) is 4.60. The Morgan fingerprint density at radius 2 is 2.10 bits per heavy atom. The van der Waals surface area contributed by atoms with Crippen LogP contribution in [0.5, 0.6) is 0 Å². The van der Waals surface area contributed by atoms with Crippen LogP contribution in [0.25, 0.3) is 0 Å². The van der Waals surface area contributed by atoms with E-state index in [9.17, 15) is 5.11 Å². The fourth-order valence-electron chi connectivity index (χ4n) is 3.14. The minimum Gasteiger partial charge on any atom is -0.390 e. The number of aliphatic hydroxyl groups excluding tert-OH is 1. The molecule has 0 spiro atoms. The maximum absolute atomic E-state index is 10.6. The van der Waals surface area contributed by atoms with Crippen molar-refractivity contribution in [3.8, 4) is 0 Å². The smallest absolute Gasteiger partial charge is 0.0943 e. The van der Waals surface area contributed by atoms with Gasteiger partial charge in [-0.25, -0.2) is 0 Å². The van der Waals surface area contributed by atoms with Crippen molar-refractivity contribution in [1.29, 1.82) is 0 Å². The number of ether oxygens (including phenoxy) is 1. The topological polar surface area (TPSA) is 47.3 Å². The summed E-state index contributed by atoms with van der Waals surface area (Å²) < 4.78 is 7.91. The van der Waals surface area contributed by atoms with Crippen molar-refractivity contribution in [3.63, 3.8) is 0 Å². The van der Waals surface area contributed by atoms with Crippen LogP contribution in [0.2, 0.25) is 0 Å². The molecular weight excluding hydrogens is 252 g/mol. The fourth-order valence-corrected chi connectivity index (χ4v) is 3.14. The van der Waals surface area contributed by atoms with Gasteiger partial charge in [0.25, 0.3) is 0 Å². The second-order valence-electron chi connectivity index (χ2n) is 5.97. The van der Waals surface area contributed by atoms with Crippen molar-refractivity contribution in [2.75, 3.05) is 6.61 Å². The Kier molecular flexibility index (Phi) is 5.22. The first-order valence-corrected chi connectivity index (χ1v) is 7.97. The van der Waals surface area contributed by atoms with E-state index in [4.69, 9.17) is 4.74 Å². The lowest BCUT2D eigenvalue weighted by Crippen LogP contribution is -2.43. The summed E-state index contributed by atoms with van der Waals surface area (Å²) in [6.45, 7) is 6.98. The predicted octanol–water partition coefficient (Wildman–Crippen LogP) is 3.11. The van der Waals surface area contributed by atoms with Gasteiger partial charge in [0.15, 0.2) is 0 Å². The quantitative estimate of drug-likeness (QED) is 0.835. The highest BCUT2D eigenvalue weighted by Gasteiger charge is 2.41. The van der Waals surface area contributed by atoms with E-state index in [2.05, 4.69) is 18.9 Å². The summed E-state index contributed by atoms with van der Waals surface area (Å²) in [5.74, 6) is 0.